The van der Waals surface area contributed by atoms with E-state index in [0.29, 0.717) is 38.2 Å². The molecule has 11 nitrogen and oxygen atoms in total. The molecule has 2 aromatic carbocycles. The lowest BCUT2D eigenvalue weighted by molar-refractivity contribution is -0.141. The Kier molecular flexibility index (Phi) is 10.5. The van der Waals surface area contributed by atoms with Gasteiger partial charge in [-0.15, -0.1) is 0 Å². The van der Waals surface area contributed by atoms with Gasteiger partial charge >= 0.3 is 0 Å². The molecule has 11 heteroatoms. The molecule has 4 rings (SSSR count). The van der Waals surface area contributed by atoms with Crippen molar-refractivity contribution in [2.45, 2.75) is 56.5 Å². The number of aromatic amines is 1. The maximum absolute atomic E-state index is 14.2. The molecular formula is C30H39N7O4. The number of nitrogens with two attached hydrogens (primary N) is 2. The summed E-state index contributed by atoms with van der Waals surface area (Å²) in [5, 5.41) is 5.74. The average molecular weight is 563 g/mol. The van der Waals surface area contributed by atoms with Gasteiger partial charge in [-0.25, -0.2) is 4.98 Å². The largest absolute Gasteiger partial charge is 0.372 e. The molecule has 1 aliphatic heterocycles. The molecule has 1 aliphatic rings. The van der Waals surface area contributed by atoms with Gasteiger partial charge in [0.05, 0.1) is 25.1 Å². The SMILES string of the molecule is [2H]N[C@@H](Cc1cnc[nH]1)C(=O)N[C@@H](Cc1ccccc1)C(=O)N1C[C@H](OCc2ccccc2)C[C@H]1C(=O)NCCCN. The lowest BCUT2D eigenvalue weighted by atomic mass is 10.0. The molecule has 0 radical (unpaired) electrons. The number of carbonyl (C=O) groups is 3. The van der Waals surface area contributed by atoms with E-state index in [1.165, 1.54) is 11.2 Å². The Bertz CT molecular complexity index is 1260. The minimum absolute atomic E-state index is 0.187. The van der Waals surface area contributed by atoms with Crippen LogP contribution in [0.25, 0.3) is 0 Å². The van der Waals surface area contributed by atoms with Crippen LogP contribution in [0.3, 0.4) is 0 Å². The first-order valence-corrected chi connectivity index (χ1v) is 13.9. The predicted molar refractivity (Wildman–Crippen MR) is 154 cm³/mol. The number of hydrogen-bond acceptors (Lipinski definition) is 7. The van der Waals surface area contributed by atoms with E-state index in [4.69, 9.17) is 11.9 Å². The van der Waals surface area contributed by atoms with Crippen LogP contribution in [-0.2, 0) is 38.6 Å². The summed E-state index contributed by atoms with van der Waals surface area (Å²) in [5.41, 5.74) is 10.4. The lowest BCUT2D eigenvalue weighted by Gasteiger charge is -2.29. The van der Waals surface area contributed by atoms with Crippen molar-refractivity contribution in [3.05, 3.63) is 90.0 Å². The molecule has 41 heavy (non-hydrogen) atoms. The number of amides is 3. The predicted octanol–water partition coefficient (Wildman–Crippen LogP) is 0.658. The lowest BCUT2D eigenvalue weighted by Crippen LogP contribution is -2.56. The Balaban J connectivity index is 1.53. The van der Waals surface area contributed by atoms with E-state index in [0.717, 1.165) is 11.1 Å². The molecule has 218 valence electrons. The number of imidazole rings is 1. The van der Waals surface area contributed by atoms with Crippen LogP contribution in [-0.4, -0.2) is 76.5 Å². The smallest absolute Gasteiger partial charge is 0.246 e. The molecule has 3 aromatic rings. The second-order valence-electron chi connectivity index (χ2n) is 10.2. The Morgan fingerprint density at radius 3 is 2.49 bits per heavy atom. The quantitative estimate of drug-likeness (QED) is 0.170. The molecule has 1 aromatic heterocycles. The number of likely N-dealkylation sites (tertiary alicyclic amines) is 1. The zero-order valence-corrected chi connectivity index (χ0v) is 23.0. The Morgan fingerprint density at radius 1 is 1.10 bits per heavy atom. The second-order valence-corrected chi connectivity index (χ2v) is 10.2. The third kappa shape index (κ3) is 8.71. The highest BCUT2D eigenvalue weighted by Gasteiger charge is 2.42. The first-order chi connectivity index (χ1) is 20.5. The van der Waals surface area contributed by atoms with E-state index in [9.17, 15) is 14.4 Å². The number of H-pyrrole nitrogens is 1. The van der Waals surface area contributed by atoms with Crippen LogP contribution in [0.5, 0.6) is 0 Å². The summed E-state index contributed by atoms with van der Waals surface area (Å²) >= 11 is 0. The Labute approximate surface area is 241 Å². The van der Waals surface area contributed by atoms with Gasteiger partial charge in [0, 0.05) is 44.2 Å². The summed E-state index contributed by atoms with van der Waals surface area (Å²) in [7, 11) is 0. The van der Waals surface area contributed by atoms with Gasteiger partial charge in [0.25, 0.3) is 0 Å². The van der Waals surface area contributed by atoms with Crippen molar-refractivity contribution in [3.8, 4) is 0 Å². The summed E-state index contributed by atoms with van der Waals surface area (Å²) in [6.45, 7) is 1.39. The fourth-order valence-electron chi connectivity index (χ4n) is 4.86. The summed E-state index contributed by atoms with van der Waals surface area (Å²) < 4.78 is 13.9. The van der Waals surface area contributed by atoms with Crippen molar-refractivity contribution in [2.75, 3.05) is 19.6 Å². The van der Waals surface area contributed by atoms with E-state index >= 15 is 0 Å². The van der Waals surface area contributed by atoms with Gasteiger partial charge in [-0.1, -0.05) is 60.7 Å². The van der Waals surface area contributed by atoms with Gasteiger partial charge in [-0.3, -0.25) is 14.4 Å². The zero-order chi connectivity index (χ0) is 29.7. The molecule has 0 aliphatic carbocycles. The van der Waals surface area contributed by atoms with Crippen LogP contribution in [0, 0.1) is 0 Å². The Hall–Kier alpha value is -4.06. The number of hydrogen-bond donors (Lipinski definition) is 5. The first kappa shape index (κ1) is 28.5. The summed E-state index contributed by atoms with van der Waals surface area (Å²) in [6.07, 6.45) is 4.06. The molecule has 4 atom stereocenters. The number of carbonyl (C=O) groups excluding carboxylic acids is 3. The van der Waals surface area contributed by atoms with E-state index < -0.39 is 24.0 Å². The normalized spacial score (nSPS) is 18.4. The molecule has 0 bridgehead atoms. The molecule has 7 N–H and O–H groups in total. The molecule has 0 unspecified atom stereocenters. The second kappa shape index (κ2) is 15.1. The van der Waals surface area contributed by atoms with E-state index in [2.05, 4.69) is 26.3 Å². The van der Waals surface area contributed by atoms with Gasteiger partial charge in [-0.05, 0) is 24.1 Å². The maximum atomic E-state index is 14.2. The van der Waals surface area contributed by atoms with Crippen molar-refractivity contribution in [1.29, 1.82) is 0 Å². The van der Waals surface area contributed by atoms with Gasteiger partial charge in [0.15, 0.2) is 0 Å². The number of nitrogens with one attached hydrogen (secondary N) is 3. The number of rotatable bonds is 15. The molecule has 0 saturated carbocycles. The van der Waals surface area contributed by atoms with Crippen molar-refractivity contribution >= 4 is 17.7 Å². The van der Waals surface area contributed by atoms with Crippen molar-refractivity contribution < 1.29 is 20.5 Å². The fraction of sp³-hybridized carbons (Fsp3) is 0.400. The van der Waals surface area contributed by atoms with Crippen LogP contribution < -0.4 is 22.1 Å². The molecule has 1 fully saturated rings. The van der Waals surface area contributed by atoms with E-state index in [1.54, 1.807) is 6.20 Å². The van der Waals surface area contributed by atoms with Gasteiger partial charge < -0.3 is 36.7 Å². The number of ether oxygens (including phenoxy) is 1. The number of nitrogens with zero attached hydrogens (tertiary/aromatic N) is 2. The van der Waals surface area contributed by atoms with Crippen molar-refractivity contribution in [1.82, 2.24) is 25.5 Å². The summed E-state index contributed by atoms with van der Waals surface area (Å²) in [6, 6.07) is 16.4. The highest BCUT2D eigenvalue weighted by atomic mass is 16.5. The van der Waals surface area contributed by atoms with Crippen molar-refractivity contribution in [2.24, 2.45) is 11.5 Å². The third-order valence-corrected chi connectivity index (χ3v) is 7.05. The van der Waals surface area contributed by atoms with Crippen LogP contribution in [0.2, 0.25) is 1.41 Å². The first-order valence-electron chi connectivity index (χ1n) is 14.4. The van der Waals surface area contributed by atoms with Crippen LogP contribution in [0.4, 0.5) is 0 Å². The molecule has 2 heterocycles. The summed E-state index contributed by atoms with van der Waals surface area (Å²) in [5.74, 6) is -1.17. The Morgan fingerprint density at radius 2 is 1.83 bits per heavy atom. The zero-order valence-electron chi connectivity index (χ0n) is 24.0. The highest BCUT2D eigenvalue weighted by Crippen LogP contribution is 2.24. The number of benzene rings is 2. The number of aromatic nitrogens is 2. The van der Waals surface area contributed by atoms with Crippen LogP contribution in [0.15, 0.2) is 73.2 Å². The van der Waals surface area contributed by atoms with Crippen LogP contribution >= 0.6 is 0 Å². The van der Waals surface area contributed by atoms with Gasteiger partial charge in [0.2, 0.25) is 17.7 Å². The minimum atomic E-state index is -0.968. The van der Waals surface area contributed by atoms with Crippen molar-refractivity contribution in [3.63, 3.8) is 0 Å². The minimum Gasteiger partial charge on any atom is -0.372 e. The average Bonchev–Trinajstić information content (AvgIpc) is 3.69. The molecule has 1 saturated heterocycles. The molecular weight excluding hydrogens is 522 g/mol. The topological polar surface area (TPSA) is 168 Å². The van der Waals surface area contributed by atoms with Gasteiger partial charge in [0.1, 0.15) is 13.5 Å². The molecule has 3 amide bonds. The summed E-state index contributed by atoms with van der Waals surface area (Å²) in [4.78, 5) is 49.1. The van der Waals surface area contributed by atoms with Crippen LogP contribution in [0.1, 0.15) is 29.7 Å². The van der Waals surface area contributed by atoms with E-state index in [-0.39, 0.29) is 37.3 Å². The standard InChI is InChI=1S/C30H39N7O4/c31-12-7-13-34-29(39)27-16-24(41-19-22-10-5-2-6-11-22)18-37(27)30(40)26(14-21-8-3-1-4-9-21)36-28(38)25(32)15-23-17-33-20-35-23/h1-6,8-11,17,20,24-27H,7,12-16,18-19,31-32H2,(H,33,35)(H,34,39)(H,36,38)/t24-,25+,26+,27+/m1/s1/i/hD. The molecule has 0 spiro atoms. The van der Waals surface area contributed by atoms with E-state index in [1.807, 2.05) is 60.7 Å². The maximum Gasteiger partial charge on any atom is 0.246 e. The highest BCUT2D eigenvalue weighted by molar-refractivity contribution is 5.93. The third-order valence-electron chi connectivity index (χ3n) is 7.05. The fourth-order valence-corrected chi connectivity index (χ4v) is 4.86. The monoisotopic (exact) mass is 562 g/mol. The van der Waals surface area contributed by atoms with Gasteiger partial charge in [-0.2, -0.15) is 0 Å².